The summed E-state index contributed by atoms with van der Waals surface area (Å²) in [7, 11) is 1.65. The van der Waals surface area contributed by atoms with Gasteiger partial charge in [-0.2, -0.15) is 0 Å². The molecule has 1 N–H and O–H groups in total. The fourth-order valence-corrected chi connectivity index (χ4v) is 3.30. The number of hydrogen-bond acceptors (Lipinski definition) is 4. The lowest BCUT2D eigenvalue weighted by Gasteiger charge is -2.25. The molecule has 0 radical (unpaired) electrons. The van der Waals surface area contributed by atoms with E-state index in [-0.39, 0.29) is 11.8 Å². The monoisotopic (exact) mass is 296 g/mol. The molecule has 0 atom stereocenters. The van der Waals surface area contributed by atoms with Crippen molar-refractivity contribution in [2.45, 2.75) is 26.3 Å². The lowest BCUT2D eigenvalue weighted by atomic mass is 10.1. The molecule has 0 bridgehead atoms. The summed E-state index contributed by atoms with van der Waals surface area (Å²) < 4.78 is 4.94. The molecular weight excluding hydrogens is 276 g/mol. The zero-order chi connectivity index (χ0) is 14.5. The van der Waals surface area contributed by atoms with Gasteiger partial charge in [0, 0.05) is 45.2 Å². The Labute approximate surface area is 122 Å². The second-order valence-electron chi connectivity index (χ2n) is 4.85. The van der Waals surface area contributed by atoms with Crippen LogP contribution in [0.15, 0.2) is 6.07 Å². The average Bonchev–Trinajstić information content (AvgIpc) is 2.86. The normalized spacial score (nSPS) is 14.0. The van der Waals surface area contributed by atoms with Crippen molar-refractivity contribution in [3.05, 3.63) is 21.4 Å². The largest absolute Gasteiger partial charge is 0.385 e. The minimum Gasteiger partial charge on any atom is -0.385 e. The summed E-state index contributed by atoms with van der Waals surface area (Å²) >= 11 is 1.54. The maximum Gasteiger partial charge on any atom is 0.261 e. The van der Waals surface area contributed by atoms with Crippen molar-refractivity contribution in [2.75, 3.05) is 26.8 Å². The Bertz CT molecular complexity index is 499. The van der Waals surface area contributed by atoms with E-state index in [0.29, 0.717) is 19.7 Å². The Balaban J connectivity index is 1.95. The van der Waals surface area contributed by atoms with Crippen molar-refractivity contribution in [3.63, 3.8) is 0 Å². The molecule has 5 nitrogen and oxygen atoms in total. The maximum atomic E-state index is 12.0. The number of methoxy groups -OCH3 is 1. The summed E-state index contributed by atoms with van der Waals surface area (Å²) in [6.07, 6.45) is 1.65. The molecule has 0 aromatic carbocycles. The highest BCUT2D eigenvalue weighted by Gasteiger charge is 2.22. The third-order valence-corrected chi connectivity index (χ3v) is 4.58. The van der Waals surface area contributed by atoms with E-state index in [0.717, 1.165) is 29.8 Å². The molecule has 1 aromatic rings. The first-order valence-electron chi connectivity index (χ1n) is 6.76. The smallest absolute Gasteiger partial charge is 0.261 e. The quantitative estimate of drug-likeness (QED) is 0.836. The number of ether oxygens (including phenoxy) is 1. The van der Waals surface area contributed by atoms with Gasteiger partial charge in [0.25, 0.3) is 5.91 Å². The van der Waals surface area contributed by atoms with Gasteiger partial charge in [-0.25, -0.2) is 0 Å². The molecule has 1 aromatic heterocycles. The van der Waals surface area contributed by atoms with E-state index in [1.807, 2.05) is 11.0 Å². The number of fused-ring (bicyclic) bond motifs is 1. The summed E-state index contributed by atoms with van der Waals surface area (Å²) in [6, 6.07) is 1.92. The SMILES string of the molecule is COCCCNC(=O)c1cc2c(s1)CCN(C(C)=O)C2. The zero-order valence-electron chi connectivity index (χ0n) is 11.9. The van der Waals surface area contributed by atoms with Crippen LogP contribution in [-0.4, -0.2) is 43.5 Å². The van der Waals surface area contributed by atoms with Crippen LogP contribution in [0.5, 0.6) is 0 Å². The minimum atomic E-state index is -0.0325. The number of carbonyl (C=O) groups excluding carboxylic acids is 2. The van der Waals surface area contributed by atoms with Crippen LogP contribution in [0, 0.1) is 0 Å². The van der Waals surface area contributed by atoms with Gasteiger partial charge in [0.2, 0.25) is 5.91 Å². The van der Waals surface area contributed by atoms with Crippen LogP contribution < -0.4 is 5.32 Å². The van der Waals surface area contributed by atoms with E-state index in [4.69, 9.17) is 4.74 Å². The highest BCUT2D eigenvalue weighted by molar-refractivity contribution is 7.14. The fourth-order valence-electron chi connectivity index (χ4n) is 2.22. The third kappa shape index (κ3) is 3.58. The predicted octanol–water partition coefficient (Wildman–Crippen LogP) is 1.42. The molecule has 2 heterocycles. The number of amides is 2. The van der Waals surface area contributed by atoms with E-state index >= 15 is 0 Å². The Morgan fingerprint density at radius 1 is 1.50 bits per heavy atom. The van der Waals surface area contributed by atoms with E-state index in [9.17, 15) is 9.59 Å². The first kappa shape index (κ1) is 15.0. The maximum absolute atomic E-state index is 12.0. The summed E-state index contributed by atoms with van der Waals surface area (Å²) in [4.78, 5) is 27.2. The average molecular weight is 296 g/mol. The van der Waals surface area contributed by atoms with Gasteiger partial charge in [-0.3, -0.25) is 9.59 Å². The molecule has 1 aliphatic heterocycles. The van der Waals surface area contributed by atoms with Gasteiger partial charge < -0.3 is 15.0 Å². The second-order valence-corrected chi connectivity index (χ2v) is 5.99. The Hall–Kier alpha value is -1.40. The number of nitrogens with zero attached hydrogens (tertiary/aromatic N) is 1. The topological polar surface area (TPSA) is 58.6 Å². The van der Waals surface area contributed by atoms with Gasteiger partial charge in [-0.15, -0.1) is 11.3 Å². The highest BCUT2D eigenvalue weighted by atomic mass is 32.1. The lowest BCUT2D eigenvalue weighted by Crippen LogP contribution is -2.33. The fraction of sp³-hybridized carbons (Fsp3) is 0.571. The van der Waals surface area contributed by atoms with Gasteiger partial charge in [-0.05, 0) is 24.5 Å². The molecule has 6 heteroatoms. The molecule has 0 unspecified atom stereocenters. The molecule has 2 amide bonds. The minimum absolute atomic E-state index is 0.0325. The number of hydrogen-bond donors (Lipinski definition) is 1. The van der Waals surface area contributed by atoms with Gasteiger partial charge in [-0.1, -0.05) is 0 Å². The van der Waals surface area contributed by atoms with Crippen molar-refractivity contribution in [2.24, 2.45) is 0 Å². The molecule has 2 rings (SSSR count). The van der Waals surface area contributed by atoms with Crippen LogP contribution in [-0.2, 0) is 22.5 Å². The van der Waals surface area contributed by atoms with Gasteiger partial charge in [0.15, 0.2) is 0 Å². The van der Waals surface area contributed by atoms with Crippen LogP contribution in [0.2, 0.25) is 0 Å². The van der Waals surface area contributed by atoms with E-state index in [2.05, 4.69) is 5.32 Å². The molecule has 0 spiro atoms. The number of carbonyl (C=O) groups is 2. The molecular formula is C14H20N2O3S. The molecule has 0 fully saturated rings. The van der Waals surface area contributed by atoms with Crippen LogP contribution in [0.1, 0.15) is 33.5 Å². The predicted molar refractivity (Wildman–Crippen MR) is 77.9 cm³/mol. The summed E-state index contributed by atoms with van der Waals surface area (Å²) in [5.41, 5.74) is 1.11. The molecule has 110 valence electrons. The summed E-state index contributed by atoms with van der Waals surface area (Å²) in [5, 5.41) is 2.89. The first-order valence-corrected chi connectivity index (χ1v) is 7.57. The molecule has 1 aliphatic rings. The molecule has 20 heavy (non-hydrogen) atoms. The van der Waals surface area contributed by atoms with E-state index in [1.54, 1.807) is 14.0 Å². The van der Waals surface area contributed by atoms with Gasteiger partial charge >= 0.3 is 0 Å². The van der Waals surface area contributed by atoms with E-state index in [1.165, 1.54) is 16.2 Å². The molecule has 0 saturated carbocycles. The van der Waals surface area contributed by atoms with Crippen molar-refractivity contribution in [1.29, 1.82) is 0 Å². The van der Waals surface area contributed by atoms with Crippen LogP contribution in [0.4, 0.5) is 0 Å². The van der Waals surface area contributed by atoms with Crippen molar-refractivity contribution < 1.29 is 14.3 Å². The van der Waals surface area contributed by atoms with Gasteiger partial charge in [0.05, 0.1) is 4.88 Å². The number of rotatable bonds is 5. The second kappa shape index (κ2) is 6.85. The third-order valence-electron chi connectivity index (χ3n) is 3.35. The van der Waals surface area contributed by atoms with Crippen molar-refractivity contribution in [1.82, 2.24) is 10.2 Å². The summed E-state index contributed by atoms with van der Waals surface area (Å²) in [6.45, 7) is 4.22. The summed E-state index contributed by atoms with van der Waals surface area (Å²) in [5.74, 6) is 0.0577. The highest BCUT2D eigenvalue weighted by Crippen LogP contribution is 2.28. The lowest BCUT2D eigenvalue weighted by molar-refractivity contribution is -0.129. The Morgan fingerprint density at radius 3 is 3.00 bits per heavy atom. The Kier molecular flexibility index (Phi) is 5.14. The van der Waals surface area contributed by atoms with Gasteiger partial charge in [0.1, 0.15) is 0 Å². The van der Waals surface area contributed by atoms with E-state index < -0.39 is 0 Å². The first-order chi connectivity index (χ1) is 9.61. The van der Waals surface area contributed by atoms with Crippen molar-refractivity contribution >= 4 is 23.2 Å². The molecule has 0 saturated heterocycles. The van der Waals surface area contributed by atoms with Crippen LogP contribution in [0.3, 0.4) is 0 Å². The Morgan fingerprint density at radius 2 is 2.30 bits per heavy atom. The number of nitrogens with one attached hydrogen (secondary N) is 1. The van der Waals surface area contributed by atoms with Crippen LogP contribution in [0.25, 0.3) is 0 Å². The van der Waals surface area contributed by atoms with Crippen LogP contribution >= 0.6 is 11.3 Å². The number of thiophene rings is 1. The zero-order valence-corrected chi connectivity index (χ0v) is 12.7. The molecule has 0 aliphatic carbocycles. The standard InChI is InChI=1S/C14H20N2O3S/c1-10(17)16-6-4-12-11(9-16)8-13(20-12)14(18)15-5-3-7-19-2/h8H,3-7,9H2,1-2H3,(H,15,18). The van der Waals surface area contributed by atoms with Crippen molar-refractivity contribution in [3.8, 4) is 0 Å².